The minimum atomic E-state index is -5.45. The lowest BCUT2D eigenvalue weighted by atomic mass is 10.0. The predicted molar refractivity (Wildman–Crippen MR) is 272 cm³/mol. The molecule has 71 heavy (non-hydrogen) atoms. The SMILES string of the molecule is CCCCC/C=C\C=C/[C@H](O)C/C=C\C/C=C/CCCC(=O)O[C@H](COC(=O)CCCCCCCCCCCCCCCCC)COP(=O)(O)OP(=O)(O)OC[C@H]1O[C@@H](n2ccc(N)nc2=O)[C@H](O)[C@@H]1O. The summed E-state index contributed by atoms with van der Waals surface area (Å²) in [7, 11) is -10.9. The largest absolute Gasteiger partial charge is 0.481 e. The second-order valence-corrected chi connectivity index (χ2v) is 20.9. The van der Waals surface area contributed by atoms with Crippen LogP contribution in [0.3, 0.4) is 0 Å². The van der Waals surface area contributed by atoms with Crippen LogP contribution in [0, 0.1) is 0 Å². The highest BCUT2D eigenvalue weighted by Gasteiger charge is 2.46. The summed E-state index contributed by atoms with van der Waals surface area (Å²) in [6, 6.07) is 1.24. The van der Waals surface area contributed by atoms with Crippen molar-refractivity contribution in [2.45, 2.75) is 211 Å². The summed E-state index contributed by atoms with van der Waals surface area (Å²) in [5.41, 5.74) is 4.58. The van der Waals surface area contributed by atoms with E-state index in [2.05, 4.69) is 29.2 Å². The van der Waals surface area contributed by atoms with Gasteiger partial charge in [0, 0.05) is 19.0 Å². The van der Waals surface area contributed by atoms with Crippen LogP contribution in [0.25, 0.3) is 0 Å². The molecule has 1 aromatic rings. The van der Waals surface area contributed by atoms with Gasteiger partial charge in [-0.2, -0.15) is 9.29 Å². The number of aliphatic hydroxyl groups excluding tert-OH is 3. The van der Waals surface area contributed by atoms with Gasteiger partial charge >= 0.3 is 33.3 Å². The highest BCUT2D eigenvalue weighted by molar-refractivity contribution is 7.61. The standard InChI is InChI=1S/C50H85N3O16P2/c1-3-5-7-9-11-12-13-14-15-16-17-18-22-26-30-34-45(55)64-38-42(67-46(56)35-31-27-23-19-21-25-29-33-41(54)32-28-24-20-10-8-6-4-2)39-65-70(60,61)69-71(62,63)66-40-43-47(57)48(58)49(68-43)53-37-36-44(51)52-50(53)59/h19-20,23-25,28-29,32,36-37,41-43,47-49,54,57-58H,3-18,21-22,26-27,30-31,33-35,38-40H2,1-2H3,(H,60,61)(H,62,63)(H2,51,52,59)/b23-19+,24-20-,29-25-,32-28-/t41-,42+,43+,47+,48+,49+/m0/s1. The first-order chi connectivity index (χ1) is 34.1. The predicted octanol–water partition coefficient (Wildman–Crippen LogP) is 9.53. The van der Waals surface area contributed by atoms with Gasteiger partial charge in [0.05, 0.1) is 19.3 Å². The molecule has 0 aliphatic carbocycles. The summed E-state index contributed by atoms with van der Waals surface area (Å²) >= 11 is 0. The molecule has 2 rings (SSSR count). The number of carbonyl (C=O) groups excluding carboxylic acids is 2. The molecule has 0 saturated carbocycles. The maximum absolute atomic E-state index is 12.8. The van der Waals surface area contributed by atoms with Crippen LogP contribution in [0.5, 0.6) is 0 Å². The molecule has 21 heteroatoms. The van der Waals surface area contributed by atoms with Gasteiger partial charge in [-0.25, -0.2) is 13.9 Å². The van der Waals surface area contributed by atoms with Crippen molar-refractivity contribution in [2.75, 3.05) is 25.6 Å². The van der Waals surface area contributed by atoms with Crippen molar-refractivity contribution < 1.29 is 71.4 Å². The number of ether oxygens (including phenoxy) is 3. The average molecular weight is 1050 g/mol. The van der Waals surface area contributed by atoms with Gasteiger partial charge < -0.3 is 45.1 Å². The Morgan fingerprint density at radius 3 is 1.97 bits per heavy atom. The zero-order valence-electron chi connectivity index (χ0n) is 42.1. The molecule has 1 aromatic heterocycles. The highest BCUT2D eigenvalue weighted by atomic mass is 31.3. The van der Waals surface area contributed by atoms with E-state index in [1.165, 1.54) is 83.1 Å². The normalized spacial score (nSPS) is 20.0. The molecule has 0 amide bonds. The van der Waals surface area contributed by atoms with E-state index in [0.717, 1.165) is 49.3 Å². The lowest BCUT2D eigenvalue weighted by molar-refractivity contribution is -0.161. The van der Waals surface area contributed by atoms with E-state index in [1.54, 1.807) is 6.08 Å². The Morgan fingerprint density at radius 1 is 0.746 bits per heavy atom. The molecule has 0 spiro atoms. The molecule has 1 aliphatic heterocycles. The molecule has 0 radical (unpaired) electrons. The number of allylic oxidation sites excluding steroid dienone is 6. The molecular weight excluding hydrogens is 961 g/mol. The summed E-state index contributed by atoms with van der Waals surface area (Å²) in [6.07, 6.45) is 32.2. The smallest absolute Gasteiger partial charge is 0.462 e. The molecule has 0 bridgehead atoms. The number of hydrogen-bond acceptors (Lipinski definition) is 16. The molecule has 2 heterocycles. The summed E-state index contributed by atoms with van der Waals surface area (Å²) < 4.78 is 56.7. The Morgan fingerprint density at radius 2 is 1.32 bits per heavy atom. The van der Waals surface area contributed by atoms with Crippen molar-refractivity contribution in [3.8, 4) is 0 Å². The van der Waals surface area contributed by atoms with Crippen molar-refractivity contribution in [2.24, 2.45) is 0 Å². The van der Waals surface area contributed by atoms with Crippen molar-refractivity contribution >= 4 is 33.4 Å². The van der Waals surface area contributed by atoms with E-state index in [1.807, 2.05) is 36.5 Å². The van der Waals surface area contributed by atoms with Gasteiger partial charge in [-0.05, 0) is 51.0 Å². The Labute approximate surface area is 421 Å². The number of aliphatic hydroxyl groups is 3. The van der Waals surface area contributed by atoms with Crippen LogP contribution in [-0.4, -0.2) is 96.9 Å². The molecular formula is C50H85N3O16P2. The number of carbonyl (C=O) groups is 2. The number of phosphoric ester groups is 2. The summed E-state index contributed by atoms with van der Waals surface area (Å²) in [6.45, 7) is 2.00. The highest BCUT2D eigenvalue weighted by Crippen LogP contribution is 2.60. The molecule has 1 fully saturated rings. The van der Waals surface area contributed by atoms with Crippen LogP contribution < -0.4 is 11.4 Å². The van der Waals surface area contributed by atoms with Gasteiger partial charge in [-0.1, -0.05) is 165 Å². The number of aromatic nitrogens is 2. The van der Waals surface area contributed by atoms with E-state index < -0.39 is 89.8 Å². The molecule has 1 saturated heterocycles. The number of nitrogen functional groups attached to an aromatic ring is 1. The second kappa shape index (κ2) is 38.3. The number of unbranched alkanes of at least 4 members (excludes halogenated alkanes) is 18. The van der Waals surface area contributed by atoms with E-state index in [9.17, 15) is 48.6 Å². The third kappa shape index (κ3) is 31.1. The maximum atomic E-state index is 12.8. The fourth-order valence-corrected chi connectivity index (χ4v) is 9.56. The monoisotopic (exact) mass is 1050 g/mol. The lowest BCUT2D eigenvalue weighted by Gasteiger charge is -2.21. The fourth-order valence-electron chi connectivity index (χ4n) is 7.45. The molecule has 7 N–H and O–H groups in total. The summed E-state index contributed by atoms with van der Waals surface area (Å²) in [4.78, 5) is 61.9. The third-order valence-corrected chi connectivity index (χ3v) is 14.1. The van der Waals surface area contributed by atoms with Gasteiger partial charge in [-0.15, -0.1) is 0 Å². The number of rotatable bonds is 42. The molecule has 8 atom stereocenters. The average Bonchev–Trinajstić information content (AvgIpc) is 3.60. The van der Waals surface area contributed by atoms with E-state index in [-0.39, 0.29) is 18.7 Å². The number of phosphoric acid groups is 2. The van der Waals surface area contributed by atoms with Crippen molar-refractivity contribution in [3.05, 3.63) is 71.4 Å². The Bertz CT molecular complexity index is 1890. The van der Waals surface area contributed by atoms with E-state index in [0.29, 0.717) is 32.1 Å². The number of nitrogens with two attached hydrogens (primary N) is 1. The minimum absolute atomic E-state index is 0.0591. The van der Waals surface area contributed by atoms with Crippen molar-refractivity contribution in [3.63, 3.8) is 0 Å². The van der Waals surface area contributed by atoms with E-state index in [4.69, 9.17) is 29.0 Å². The van der Waals surface area contributed by atoms with Gasteiger partial charge in [0.25, 0.3) is 0 Å². The zero-order chi connectivity index (χ0) is 52.2. The van der Waals surface area contributed by atoms with Crippen LogP contribution in [0.2, 0.25) is 0 Å². The van der Waals surface area contributed by atoms with Crippen molar-refractivity contribution in [1.82, 2.24) is 9.55 Å². The molecule has 2 unspecified atom stereocenters. The van der Waals surface area contributed by atoms with Crippen LogP contribution >= 0.6 is 15.6 Å². The maximum Gasteiger partial charge on any atom is 0.481 e. The van der Waals surface area contributed by atoms with Crippen molar-refractivity contribution in [1.29, 1.82) is 0 Å². The zero-order valence-corrected chi connectivity index (χ0v) is 43.9. The van der Waals surface area contributed by atoms with Crippen LogP contribution in [0.15, 0.2) is 65.7 Å². The van der Waals surface area contributed by atoms with Crippen LogP contribution in [-0.2, 0) is 46.3 Å². The van der Waals surface area contributed by atoms with Gasteiger partial charge in [-0.3, -0.25) is 23.2 Å². The van der Waals surface area contributed by atoms with Crippen LogP contribution in [0.1, 0.15) is 181 Å². The molecule has 0 aromatic carbocycles. The number of esters is 2. The van der Waals surface area contributed by atoms with Gasteiger partial charge in [0.2, 0.25) is 0 Å². The van der Waals surface area contributed by atoms with Gasteiger partial charge in [0.1, 0.15) is 30.7 Å². The first-order valence-electron chi connectivity index (χ1n) is 25.8. The first kappa shape index (κ1) is 63.8. The number of anilines is 1. The third-order valence-electron chi connectivity index (χ3n) is 11.5. The minimum Gasteiger partial charge on any atom is -0.462 e. The topological polar surface area (TPSA) is 286 Å². The quantitative estimate of drug-likeness (QED) is 0.0117. The number of nitrogens with zero attached hydrogens (tertiary/aromatic N) is 2. The molecule has 406 valence electrons. The lowest BCUT2D eigenvalue weighted by Crippen LogP contribution is -2.36. The van der Waals surface area contributed by atoms with Crippen LogP contribution in [0.4, 0.5) is 5.82 Å². The summed E-state index contributed by atoms with van der Waals surface area (Å²) in [5, 5.41) is 31.0. The Kier molecular flexibility index (Phi) is 34.4. The summed E-state index contributed by atoms with van der Waals surface area (Å²) in [5.74, 6) is -1.41. The fraction of sp³-hybridized carbons (Fsp3) is 0.720. The molecule has 19 nitrogen and oxygen atoms in total. The van der Waals surface area contributed by atoms with E-state index >= 15 is 0 Å². The second-order valence-electron chi connectivity index (χ2n) is 17.9. The Balaban J connectivity index is 1.84. The number of hydrogen-bond donors (Lipinski definition) is 6. The molecule has 1 aliphatic rings. The first-order valence-corrected chi connectivity index (χ1v) is 28.7. The Hall–Kier alpha value is -3.32. The van der Waals surface area contributed by atoms with Gasteiger partial charge in [0.15, 0.2) is 12.3 Å².